The fraction of sp³-hybridized carbons (Fsp3) is 1.00. The van der Waals surface area contributed by atoms with Crippen molar-refractivity contribution >= 4 is 48.4 Å². The lowest BCUT2D eigenvalue weighted by Crippen LogP contribution is -2.35. The smallest absolute Gasteiger partial charge is 0.118 e. The van der Waals surface area contributed by atoms with Crippen LogP contribution in [0.25, 0.3) is 0 Å². The van der Waals surface area contributed by atoms with E-state index >= 15 is 0 Å². The van der Waals surface area contributed by atoms with Crippen LogP contribution in [-0.4, -0.2) is 29.1 Å². The van der Waals surface area contributed by atoms with Crippen LogP contribution >= 0.6 is 37.2 Å². The monoisotopic (exact) mass is 227 g/mol. The van der Waals surface area contributed by atoms with Crippen LogP contribution in [0.1, 0.15) is 0 Å². The standard InChI is InChI=1S/C4H9NOS.3ClH/c6-7-3-1-5-2-4-7;;;/h5H,1-4H2;3*1H. The van der Waals surface area contributed by atoms with Crippen molar-refractivity contribution in [1.82, 2.24) is 5.32 Å². The Hall–Kier alpha value is 1.14. The Labute approximate surface area is 82.9 Å². The van der Waals surface area contributed by atoms with Gasteiger partial charge in [-0.3, -0.25) is 0 Å². The van der Waals surface area contributed by atoms with Crippen molar-refractivity contribution in [2.24, 2.45) is 0 Å². The lowest BCUT2D eigenvalue weighted by molar-refractivity contribution is 0.576. The lowest BCUT2D eigenvalue weighted by Gasteiger charge is -2.15. The fourth-order valence-corrected chi connectivity index (χ4v) is 1.55. The molecule has 1 fully saturated rings. The highest BCUT2D eigenvalue weighted by Crippen LogP contribution is 1.91. The Morgan fingerprint density at radius 2 is 1.40 bits per heavy atom. The lowest BCUT2D eigenvalue weighted by atomic mass is 10.6. The van der Waals surface area contributed by atoms with Crippen molar-refractivity contribution in [3.8, 4) is 0 Å². The normalized spacial score (nSPS) is 17.7. The molecule has 0 spiro atoms. The Bertz CT molecular complexity index is 62.5. The van der Waals surface area contributed by atoms with Crippen molar-refractivity contribution in [1.29, 1.82) is 0 Å². The highest BCUT2D eigenvalue weighted by atomic mass is 35.5. The minimum Gasteiger partial charge on any atom is -0.616 e. The topological polar surface area (TPSA) is 35.1 Å². The van der Waals surface area contributed by atoms with Crippen molar-refractivity contribution in [2.75, 3.05) is 24.6 Å². The summed E-state index contributed by atoms with van der Waals surface area (Å²) in [7, 11) is 0. The van der Waals surface area contributed by atoms with Gasteiger partial charge in [-0.2, -0.15) is 0 Å². The van der Waals surface area contributed by atoms with E-state index in [-0.39, 0.29) is 37.2 Å². The van der Waals surface area contributed by atoms with Gasteiger partial charge in [0.2, 0.25) is 0 Å². The SMILES string of the molecule is Cl.Cl.Cl.[O-][S+]1CCNCC1. The van der Waals surface area contributed by atoms with E-state index in [0.29, 0.717) is 0 Å². The van der Waals surface area contributed by atoms with Crippen LogP contribution in [0.5, 0.6) is 0 Å². The average Bonchev–Trinajstić information content (AvgIpc) is 1.69. The summed E-state index contributed by atoms with van der Waals surface area (Å²) in [4.78, 5) is 0. The largest absolute Gasteiger partial charge is 0.616 e. The first-order chi connectivity index (χ1) is 3.39. The Kier molecular flexibility index (Phi) is 17.5. The van der Waals surface area contributed by atoms with E-state index in [1.807, 2.05) is 0 Å². The molecule has 0 aliphatic carbocycles. The zero-order valence-electron chi connectivity index (χ0n) is 5.37. The summed E-state index contributed by atoms with van der Waals surface area (Å²) in [5, 5.41) is 3.12. The molecule has 6 heteroatoms. The summed E-state index contributed by atoms with van der Waals surface area (Å²) < 4.78 is 10.5. The zero-order valence-corrected chi connectivity index (χ0v) is 8.64. The van der Waals surface area contributed by atoms with Gasteiger partial charge in [-0.05, 0) is 0 Å². The second-order valence-corrected chi connectivity index (χ2v) is 3.29. The molecule has 66 valence electrons. The van der Waals surface area contributed by atoms with Crippen LogP contribution in [0.3, 0.4) is 0 Å². The van der Waals surface area contributed by atoms with Gasteiger partial charge in [-0.25, -0.2) is 0 Å². The summed E-state index contributed by atoms with van der Waals surface area (Å²) in [5.41, 5.74) is 0. The molecule has 0 aromatic rings. The van der Waals surface area contributed by atoms with E-state index in [9.17, 15) is 4.55 Å². The first-order valence-electron chi connectivity index (χ1n) is 2.45. The molecule has 0 aromatic heterocycles. The second kappa shape index (κ2) is 10.1. The quantitative estimate of drug-likeness (QED) is 0.617. The number of nitrogens with one attached hydrogen (secondary N) is 1. The molecule has 1 saturated heterocycles. The third kappa shape index (κ3) is 7.25. The molecule has 0 saturated carbocycles. The first kappa shape index (κ1) is 17.3. The minimum atomic E-state index is -0.503. The molecular weight excluding hydrogens is 216 g/mol. The summed E-state index contributed by atoms with van der Waals surface area (Å²) in [6, 6.07) is 0. The molecule has 1 aliphatic heterocycles. The van der Waals surface area contributed by atoms with Gasteiger partial charge in [-0.15, -0.1) is 37.2 Å². The predicted molar refractivity (Wildman–Crippen MR) is 52.5 cm³/mol. The third-order valence-electron chi connectivity index (χ3n) is 1.01. The molecule has 2 nitrogen and oxygen atoms in total. The van der Waals surface area contributed by atoms with Gasteiger partial charge < -0.3 is 9.87 Å². The molecule has 0 aromatic carbocycles. The maximum atomic E-state index is 10.5. The summed E-state index contributed by atoms with van der Waals surface area (Å²) in [5.74, 6) is 1.69. The van der Waals surface area contributed by atoms with Crippen LogP contribution in [0, 0.1) is 0 Å². The van der Waals surface area contributed by atoms with Gasteiger partial charge in [0.05, 0.1) is 0 Å². The highest BCUT2D eigenvalue weighted by Gasteiger charge is 2.09. The summed E-state index contributed by atoms with van der Waals surface area (Å²) in [6.07, 6.45) is 0. The van der Waals surface area contributed by atoms with E-state index in [2.05, 4.69) is 5.32 Å². The van der Waals surface area contributed by atoms with E-state index in [4.69, 9.17) is 0 Å². The molecular formula is C4H12Cl3NOS. The van der Waals surface area contributed by atoms with Crippen LogP contribution in [-0.2, 0) is 11.2 Å². The van der Waals surface area contributed by atoms with E-state index < -0.39 is 11.2 Å². The molecule has 0 bridgehead atoms. The fourth-order valence-electron chi connectivity index (χ4n) is 0.599. The third-order valence-corrected chi connectivity index (χ3v) is 2.33. The summed E-state index contributed by atoms with van der Waals surface area (Å²) in [6.45, 7) is 1.87. The number of hydrogen-bond donors (Lipinski definition) is 1. The molecule has 1 heterocycles. The summed E-state index contributed by atoms with van der Waals surface area (Å²) >= 11 is -0.503. The molecule has 0 atom stereocenters. The first-order valence-corrected chi connectivity index (χ1v) is 3.94. The Morgan fingerprint density at radius 3 is 1.60 bits per heavy atom. The van der Waals surface area contributed by atoms with E-state index in [1.54, 1.807) is 0 Å². The molecule has 0 radical (unpaired) electrons. The molecule has 0 amide bonds. The Balaban J connectivity index is -0.000000163. The van der Waals surface area contributed by atoms with Gasteiger partial charge in [0.25, 0.3) is 0 Å². The van der Waals surface area contributed by atoms with Gasteiger partial charge in [0, 0.05) is 13.1 Å². The molecule has 1 rings (SSSR count). The number of halogens is 3. The van der Waals surface area contributed by atoms with Crippen LogP contribution in [0.2, 0.25) is 0 Å². The zero-order chi connectivity index (χ0) is 5.11. The van der Waals surface area contributed by atoms with Crippen molar-refractivity contribution in [3.63, 3.8) is 0 Å². The molecule has 10 heavy (non-hydrogen) atoms. The van der Waals surface area contributed by atoms with Crippen molar-refractivity contribution in [2.45, 2.75) is 0 Å². The van der Waals surface area contributed by atoms with E-state index in [1.165, 1.54) is 0 Å². The maximum Gasteiger partial charge on any atom is 0.118 e. The van der Waals surface area contributed by atoms with Crippen LogP contribution < -0.4 is 5.32 Å². The predicted octanol–water partition coefficient (Wildman–Crippen LogP) is 0.604. The molecule has 1 N–H and O–H groups in total. The number of rotatable bonds is 0. The Morgan fingerprint density at radius 1 is 1.00 bits per heavy atom. The second-order valence-electron chi connectivity index (χ2n) is 1.60. The minimum absolute atomic E-state index is 0. The van der Waals surface area contributed by atoms with E-state index in [0.717, 1.165) is 24.6 Å². The highest BCUT2D eigenvalue weighted by molar-refractivity contribution is 7.91. The molecule has 1 aliphatic rings. The van der Waals surface area contributed by atoms with Crippen molar-refractivity contribution in [3.05, 3.63) is 0 Å². The molecule has 0 unspecified atom stereocenters. The van der Waals surface area contributed by atoms with Crippen LogP contribution in [0.4, 0.5) is 0 Å². The van der Waals surface area contributed by atoms with Gasteiger partial charge in [0.15, 0.2) is 0 Å². The van der Waals surface area contributed by atoms with Crippen LogP contribution in [0.15, 0.2) is 0 Å². The number of hydrogen-bond acceptors (Lipinski definition) is 2. The average molecular weight is 229 g/mol. The van der Waals surface area contributed by atoms with Crippen molar-refractivity contribution < 1.29 is 4.55 Å². The van der Waals surface area contributed by atoms with Gasteiger partial charge in [-0.1, -0.05) is 11.2 Å². The van der Waals surface area contributed by atoms with Gasteiger partial charge in [0.1, 0.15) is 11.5 Å². The maximum absolute atomic E-state index is 10.5. The van der Waals surface area contributed by atoms with Gasteiger partial charge >= 0.3 is 0 Å².